The highest BCUT2D eigenvalue weighted by atomic mass is 16.3. The molecule has 164 valence electrons. The molecule has 0 heterocycles. The number of hydrogen-bond acceptors (Lipinski definition) is 1. The molecule has 0 bridgehead atoms. The van der Waals surface area contributed by atoms with Gasteiger partial charge in [0.2, 0.25) is 0 Å². The zero-order valence-corrected chi connectivity index (χ0v) is 19.8. The van der Waals surface area contributed by atoms with E-state index < -0.39 is 0 Å². The molecule has 0 aliphatic heterocycles. The van der Waals surface area contributed by atoms with Crippen molar-refractivity contribution in [3.05, 3.63) is 23.8 Å². The van der Waals surface area contributed by atoms with Gasteiger partial charge in [-0.3, -0.25) is 0 Å². The van der Waals surface area contributed by atoms with E-state index in [1.54, 1.807) is 5.57 Å². The maximum atomic E-state index is 11.0. The highest BCUT2D eigenvalue weighted by Gasteiger charge is 2.59. The Morgan fingerprint density at radius 2 is 1.76 bits per heavy atom. The Morgan fingerprint density at radius 1 is 1.00 bits per heavy atom. The number of rotatable bonds is 5. The highest BCUT2D eigenvalue weighted by molar-refractivity contribution is 5.33. The van der Waals surface area contributed by atoms with Crippen molar-refractivity contribution < 1.29 is 5.11 Å². The third-order valence-electron chi connectivity index (χ3n) is 10.4. The fraction of sp³-hybridized carbons (Fsp3) is 0.857. The molecule has 4 rings (SSSR count). The van der Waals surface area contributed by atoms with E-state index in [9.17, 15) is 5.11 Å². The smallest absolute Gasteiger partial charge is 0.0568 e. The van der Waals surface area contributed by atoms with Gasteiger partial charge in [-0.25, -0.2) is 0 Å². The Kier molecular flexibility index (Phi) is 5.86. The Morgan fingerprint density at radius 3 is 2.48 bits per heavy atom. The summed E-state index contributed by atoms with van der Waals surface area (Å²) in [5.41, 5.74) is 3.98. The molecule has 8 atom stereocenters. The maximum Gasteiger partial charge on any atom is 0.0568 e. The molecule has 0 radical (unpaired) electrons. The van der Waals surface area contributed by atoms with Crippen molar-refractivity contribution in [2.45, 2.75) is 105 Å². The Bertz CT molecular complexity index is 659. The topological polar surface area (TPSA) is 20.2 Å². The van der Waals surface area contributed by atoms with Gasteiger partial charge < -0.3 is 5.11 Å². The molecule has 4 aliphatic carbocycles. The van der Waals surface area contributed by atoms with E-state index in [1.165, 1.54) is 56.9 Å². The van der Waals surface area contributed by atoms with Crippen LogP contribution in [0, 0.1) is 46.3 Å². The predicted molar refractivity (Wildman–Crippen MR) is 124 cm³/mol. The Labute approximate surface area is 180 Å². The fourth-order valence-corrected chi connectivity index (χ4v) is 8.59. The van der Waals surface area contributed by atoms with Crippen LogP contribution in [0.25, 0.3) is 0 Å². The lowest BCUT2D eigenvalue weighted by molar-refractivity contribution is -0.0695. The van der Waals surface area contributed by atoms with Gasteiger partial charge in [0.15, 0.2) is 0 Å². The third kappa shape index (κ3) is 3.58. The Hall–Kier alpha value is -0.560. The second-order valence-electron chi connectivity index (χ2n) is 12.3. The number of fused-ring (bicyclic) bond motifs is 5. The van der Waals surface area contributed by atoms with Crippen molar-refractivity contribution in [1.82, 2.24) is 0 Å². The van der Waals surface area contributed by atoms with Crippen molar-refractivity contribution in [2.24, 2.45) is 46.3 Å². The predicted octanol–water partition coefficient (Wildman–Crippen LogP) is 7.55. The second-order valence-corrected chi connectivity index (χ2v) is 12.3. The molecule has 5 unspecified atom stereocenters. The van der Waals surface area contributed by atoms with Crippen molar-refractivity contribution >= 4 is 0 Å². The van der Waals surface area contributed by atoms with Gasteiger partial charge in [0.25, 0.3) is 0 Å². The monoisotopic (exact) mass is 398 g/mol. The first-order chi connectivity index (χ1) is 13.7. The lowest BCUT2D eigenvalue weighted by atomic mass is 9.46. The standard InChI is InChI=1S/C28H46O/c1-18(2)7-12-26(29)20(4)23-10-11-24-22-9-8-21-17-19(3)13-15-27(21,5)25(22)14-16-28(23,24)6/h17-18,20,22-26,29H,3,7-16H2,1-2,4-6H3/t20-,22?,23?,24?,25?,26+,27-,28?/m0/s1. The number of allylic oxidation sites excluding steroid dienone is 3. The molecule has 1 N–H and O–H groups in total. The van der Waals surface area contributed by atoms with E-state index in [4.69, 9.17) is 0 Å². The molecule has 0 amide bonds. The van der Waals surface area contributed by atoms with Gasteiger partial charge in [-0.15, -0.1) is 0 Å². The summed E-state index contributed by atoms with van der Waals surface area (Å²) in [5.74, 6) is 4.53. The minimum atomic E-state index is -0.113. The van der Waals surface area contributed by atoms with Gasteiger partial charge in [-0.05, 0) is 111 Å². The first-order valence-electron chi connectivity index (χ1n) is 12.7. The molecule has 0 aromatic rings. The molecule has 3 saturated carbocycles. The summed E-state index contributed by atoms with van der Waals surface area (Å²) in [6, 6.07) is 0. The van der Waals surface area contributed by atoms with E-state index in [0.29, 0.717) is 28.6 Å². The van der Waals surface area contributed by atoms with Gasteiger partial charge in [0.1, 0.15) is 0 Å². The van der Waals surface area contributed by atoms with Crippen LogP contribution in [-0.2, 0) is 0 Å². The highest BCUT2D eigenvalue weighted by Crippen LogP contribution is 2.67. The Balaban J connectivity index is 1.52. The number of aliphatic hydroxyl groups excluding tert-OH is 1. The van der Waals surface area contributed by atoms with Crippen LogP contribution in [0.2, 0.25) is 0 Å². The number of hydrogen-bond donors (Lipinski definition) is 1. The average molecular weight is 399 g/mol. The summed E-state index contributed by atoms with van der Waals surface area (Å²) < 4.78 is 0. The van der Waals surface area contributed by atoms with Crippen LogP contribution in [0.4, 0.5) is 0 Å². The number of aliphatic hydroxyl groups is 1. The van der Waals surface area contributed by atoms with Crippen LogP contribution in [0.1, 0.15) is 98.8 Å². The zero-order valence-electron chi connectivity index (χ0n) is 19.8. The molecular weight excluding hydrogens is 352 g/mol. The average Bonchev–Trinajstić information content (AvgIpc) is 3.03. The van der Waals surface area contributed by atoms with Crippen molar-refractivity contribution in [2.75, 3.05) is 0 Å². The molecule has 29 heavy (non-hydrogen) atoms. The van der Waals surface area contributed by atoms with E-state index in [2.05, 4.69) is 47.3 Å². The summed E-state index contributed by atoms with van der Waals surface area (Å²) in [5, 5.41) is 11.0. The summed E-state index contributed by atoms with van der Waals surface area (Å²) in [4.78, 5) is 0. The molecule has 1 heteroatoms. The summed E-state index contributed by atoms with van der Waals surface area (Å²) in [6.45, 7) is 16.4. The van der Waals surface area contributed by atoms with Gasteiger partial charge in [0.05, 0.1) is 6.10 Å². The lowest BCUT2D eigenvalue weighted by Gasteiger charge is -2.59. The van der Waals surface area contributed by atoms with Crippen LogP contribution in [-0.4, -0.2) is 11.2 Å². The quantitative estimate of drug-likeness (QED) is 0.506. The molecule has 0 saturated heterocycles. The molecular formula is C28H46O. The lowest BCUT2D eigenvalue weighted by Crippen LogP contribution is -2.51. The third-order valence-corrected chi connectivity index (χ3v) is 10.4. The van der Waals surface area contributed by atoms with Gasteiger partial charge in [-0.1, -0.05) is 58.4 Å². The van der Waals surface area contributed by atoms with Crippen LogP contribution in [0.3, 0.4) is 0 Å². The minimum absolute atomic E-state index is 0.113. The van der Waals surface area contributed by atoms with Crippen LogP contribution in [0.5, 0.6) is 0 Å². The van der Waals surface area contributed by atoms with E-state index in [0.717, 1.165) is 30.6 Å². The minimum Gasteiger partial charge on any atom is -0.393 e. The van der Waals surface area contributed by atoms with Crippen molar-refractivity contribution in [3.63, 3.8) is 0 Å². The van der Waals surface area contributed by atoms with E-state index in [-0.39, 0.29) is 6.10 Å². The summed E-state index contributed by atoms with van der Waals surface area (Å²) >= 11 is 0. The normalized spacial score (nSPS) is 44.0. The maximum absolute atomic E-state index is 11.0. The molecule has 4 aliphatic rings. The zero-order chi connectivity index (χ0) is 21.0. The van der Waals surface area contributed by atoms with E-state index >= 15 is 0 Å². The van der Waals surface area contributed by atoms with E-state index in [1.807, 2.05) is 0 Å². The fourth-order valence-electron chi connectivity index (χ4n) is 8.59. The first kappa shape index (κ1) is 21.7. The van der Waals surface area contributed by atoms with Crippen LogP contribution >= 0.6 is 0 Å². The van der Waals surface area contributed by atoms with Gasteiger partial charge in [-0.2, -0.15) is 0 Å². The summed E-state index contributed by atoms with van der Waals surface area (Å²) in [6.07, 6.45) is 15.3. The molecule has 0 aromatic carbocycles. The SMILES string of the molecule is C=C1C=C2CCC3C4CCC([C@H](C)[C@H](O)CCC(C)C)C4(C)CCC3[C@@]2(C)CC1. The molecule has 3 fully saturated rings. The van der Waals surface area contributed by atoms with Gasteiger partial charge in [0, 0.05) is 0 Å². The summed E-state index contributed by atoms with van der Waals surface area (Å²) in [7, 11) is 0. The second kappa shape index (κ2) is 7.85. The molecule has 0 aromatic heterocycles. The first-order valence-corrected chi connectivity index (χ1v) is 12.7. The molecule has 1 nitrogen and oxygen atoms in total. The van der Waals surface area contributed by atoms with Crippen LogP contribution < -0.4 is 0 Å². The van der Waals surface area contributed by atoms with Crippen molar-refractivity contribution in [1.29, 1.82) is 0 Å². The van der Waals surface area contributed by atoms with Gasteiger partial charge >= 0.3 is 0 Å². The van der Waals surface area contributed by atoms with Crippen molar-refractivity contribution in [3.8, 4) is 0 Å². The molecule has 0 spiro atoms. The largest absolute Gasteiger partial charge is 0.393 e. The van der Waals surface area contributed by atoms with Crippen LogP contribution in [0.15, 0.2) is 23.8 Å².